The second-order valence-electron chi connectivity index (χ2n) is 3.87. The molecule has 0 saturated heterocycles. The summed E-state index contributed by atoms with van der Waals surface area (Å²) in [5.41, 5.74) is 1.99. The van der Waals surface area contributed by atoms with Gasteiger partial charge in [-0.05, 0) is 39.2 Å². The van der Waals surface area contributed by atoms with Crippen molar-refractivity contribution in [3.63, 3.8) is 0 Å². The molecule has 0 aliphatic carbocycles. The number of rotatable bonds is 4. The van der Waals surface area contributed by atoms with Gasteiger partial charge in [0.15, 0.2) is 0 Å². The molecule has 1 aromatic heterocycles. The number of unbranched alkanes of at least 4 members (excludes halogenated alkanes) is 1. The maximum absolute atomic E-state index is 9.99. The van der Waals surface area contributed by atoms with Crippen molar-refractivity contribution in [2.75, 3.05) is 0 Å². The van der Waals surface area contributed by atoms with Crippen molar-refractivity contribution in [3.05, 3.63) is 22.6 Å². The third-order valence-electron chi connectivity index (χ3n) is 2.75. The Balaban J connectivity index is 2.73. The molecular weight excluding hydrogens is 188 g/mol. The largest absolute Gasteiger partial charge is 0.466 e. The third kappa shape index (κ3) is 2.64. The number of aliphatic hydroxyl groups excluding tert-OH is 1. The zero-order valence-corrected chi connectivity index (χ0v) is 9.63. The third-order valence-corrected chi connectivity index (χ3v) is 2.75. The normalized spacial score (nSPS) is 12.5. The maximum Gasteiger partial charge on any atom is 0.107 e. The molecule has 0 amide bonds. The van der Waals surface area contributed by atoms with E-state index in [0.717, 1.165) is 29.1 Å². The van der Waals surface area contributed by atoms with Crippen LogP contribution < -0.4 is 0 Å². The minimum absolute atomic E-state index is 0.448. The highest BCUT2D eigenvalue weighted by molar-refractivity contribution is 5.33. The summed E-state index contributed by atoms with van der Waals surface area (Å²) in [6.07, 6.45) is 6.98. The highest BCUT2D eigenvalue weighted by Crippen LogP contribution is 2.29. The summed E-state index contributed by atoms with van der Waals surface area (Å²) in [6.45, 7) is 5.78. The lowest BCUT2D eigenvalue weighted by atomic mass is 10.0. The molecule has 0 saturated carbocycles. The van der Waals surface area contributed by atoms with Crippen LogP contribution in [0.25, 0.3) is 0 Å². The second kappa shape index (κ2) is 5.04. The highest BCUT2D eigenvalue weighted by Gasteiger charge is 2.18. The van der Waals surface area contributed by atoms with Gasteiger partial charge in [-0.1, -0.05) is 0 Å². The summed E-state index contributed by atoms with van der Waals surface area (Å²) < 4.78 is 5.47. The molecule has 15 heavy (non-hydrogen) atoms. The molecule has 0 aromatic carbocycles. The fourth-order valence-corrected chi connectivity index (χ4v) is 1.84. The molecule has 1 aromatic rings. The number of terminal acetylenes is 1. The molecule has 1 rings (SSSR count). The lowest BCUT2D eigenvalue weighted by Crippen LogP contribution is -1.99. The van der Waals surface area contributed by atoms with E-state index in [1.54, 1.807) is 0 Å². The summed E-state index contributed by atoms with van der Waals surface area (Å²) in [5.74, 6) is 4.28. The average molecular weight is 206 g/mol. The first kappa shape index (κ1) is 11.9. The SMILES string of the molecule is C#CCCCC(O)c1c(C)oc(C)c1C. The summed E-state index contributed by atoms with van der Waals surface area (Å²) in [4.78, 5) is 0. The van der Waals surface area contributed by atoms with Crippen molar-refractivity contribution in [1.29, 1.82) is 0 Å². The van der Waals surface area contributed by atoms with Gasteiger partial charge in [0, 0.05) is 12.0 Å². The number of hydrogen-bond acceptors (Lipinski definition) is 2. The fraction of sp³-hybridized carbons (Fsp3) is 0.538. The van der Waals surface area contributed by atoms with E-state index < -0.39 is 6.10 Å². The van der Waals surface area contributed by atoms with E-state index in [9.17, 15) is 5.11 Å². The van der Waals surface area contributed by atoms with Crippen LogP contribution in [-0.2, 0) is 0 Å². The highest BCUT2D eigenvalue weighted by atomic mass is 16.3. The van der Waals surface area contributed by atoms with Crippen LogP contribution in [0.2, 0.25) is 0 Å². The zero-order chi connectivity index (χ0) is 11.4. The maximum atomic E-state index is 9.99. The van der Waals surface area contributed by atoms with Crippen LogP contribution in [0.3, 0.4) is 0 Å². The predicted octanol–water partition coefficient (Wildman–Crippen LogP) is 3.04. The molecule has 82 valence electrons. The molecule has 0 aliphatic rings. The first-order chi connectivity index (χ1) is 7.07. The van der Waals surface area contributed by atoms with Gasteiger partial charge in [0.05, 0.1) is 6.10 Å². The van der Waals surface area contributed by atoms with E-state index in [0.29, 0.717) is 12.8 Å². The van der Waals surface area contributed by atoms with Gasteiger partial charge in [0.25, 0.3) is 0 Å². The van der Waals surface area contributed by atoms with E-state index in [1.807, 2.05) is 20.8 Å². The molecule has 0 spiro atoms. The lowest BCUT2D eigenvalue weighted by molar-refractivity contribution is 0.162. The molecule has 0 bridgehead atoms. The summed E-state index contributed by atoms with van der Waals surface area (Å²) in [7, 11) is 0. The van der Waals surface area contributed by atoms with Crippen LogP contribution in [0.1, 0.15) is 48.0 Å². The Bertz CT molecular complexity index is 369. The lowest BCUT2D eigenvalue weighted by Gasteiger charge is -2.09. The Morgan fingerprint density at radius 1 is 1.33 bits per heavy atom. The van der Waals surface area contributed by atoms with E-state index in [-0.39, 0.29) is 0 Å². The number of furan rings is 1. The van der Waals surface area contributed by atoms with Crippen LogP contribution in [0.5, 0.6) is 0 Å². The molecule has 1 atom stereocenters. The Hall–Kier alpha value is -1.20. The molecule has 0 fully saturated rings. The van der Waals surface area contributed by atoms with Gasteiger partial charge >= 0.3 is 0 Å². The van der Waals surface area contributed by atoms with Crippen molar-refractivity contribution in [1.82, 2.24) is 0 Å². The van der Waals surface area contributed by atoms with Crippen molar-refractivity contribution in [3.8, 4) is 12.3 Å². The van der Waals surface area contributed by atoms with E-state index >= 15 is 0 Å². The molecule has 0 aliphatic heterocycles. The minimum Gasteiger partial charge on any atom is -0.466 e. The van der Waals surface area contributed by atoms with Crippen LogP contribution >= 0.6 is 0 Å². The fourth-order valence-electron chi connectivity index (χ4n) is 1.84. The van der Waals surface area contributed by atoms with Crippen molar-refractivity contribution in [2.24, 2.45) is 0 Å². The van der Waals surface area contributed by atoms with Crippen molar-refractivity contribution >= 4 is 0 Å². The van der Waals surface area contributed by atoms with Crippen LogP contribution in [-0.4, -0.2) is 5.11 Å². The van der Waals surface area contributed by atoms with Gasteiger partial charge in [-0.15, -0.1) is 12.3 Å². The van der Waals surface area contributed by atoms with Crippen LogP contribution in [0.4, 0.5) is 0 Å². The van der Waals surface area contributed by atoms with Crippen LogP contribution in [0.15, 0.2) is 4.42 Å². The van der Waals surface area contributed by atoms with Crippen LogP contribution in [0, 0.1) is 33.1 Å². The summed E-state index contributed by atoms with van der Waals surface area (Å²) in [5, 5.41) is 9.99. The van der Waals surface area contributed by atoms with Gasteiger partial charge in [-0.25, -0.2) is 0 Å². The van der Waals surface area contributed by atoms with E-state index in [2.05, 4.69) is 5.92 Å². The summed E-state index contributed by atoms with van der Waals surface area (Å²) in [6, 6.07) is 0. The molecule has 1 unspecified atom stereocenters. The molecular formula is C13H18O2. The molecule has 2 heteroatoms. The Kier molecular flexibility index (Phi) is 3.99. The topological polar surface area (TPSA) is 33.4 Å². The average Bonchev–Trinajstić information content (AvgIpc) is 2.41. The predicted molar refractivity (Wildman–Crippen MR) is 60.6 cm³/mol. The number of aryl methyl sites for hydroxylation is 2. The van der Waals surface area contributed by atoms with E-state index in [4.69, 9.17) is 10.8 Å². The van der Waals surface area contributed by atoms with Gasteiger partial charge in [0.1, 0.15) is 11.5 Å². The van der Waals surface area contributed by atoms with Crippen molar-refractivity contribution in [2.45, 2.75) is 46.1 Å². The van der Waals surface area contributed by atoms with Crippen molar-refractivity contribution < 1.29 is 9.52 Å². The van der Waals surface area contributed by atoms with Gasteiger partial charge in [0.2, 0.25) is 0 Å². The Labute approximate surface area is 91.3 Å². The molecule has 1 heterocycles. The zero-order valence-electron chi connectivity index (χ0n) is 9.63. The van der Waals surface area contributed by atoms with E-state index in [1.165, 1.54) is 0 Å². The summed E-state index contributed by atoms with van der Waals surface area (Å²) >= 11 is 0. The molecule has 2 nitrogen and oxygen atoms in total. The monoisotopic (exact) mass is 206 g/mol. The standard InChI is InChI=1S/C13H18O2/c1-5-6-7-8-12(14)13-9(2)10(3)15-11(13)4/h1,12,14H,6-8H2,2-4H3. The molecule has 1 N–H and O–H groups in total. The number of aliphatic hydroxyl groups is 1. The van der Waals surface area contributed by atoms with Gasteiger partial charge < -0.3 is 9.52 Å². The smallest absolute Gasteiger partial charge is 0.107 e. The Morgan fingerprint density at radius 3 is 2.47 bits per heavy atom. The quantitative estimate of drug-likeness (QED) is 0.606. The second-order valence-corrected chi connectivity index (χ2v) is 3.87. The first-order valence-electron chi connectivity index (χ1n) is 5.26. The van der Waals surface area contributed by atoms with Gasteiger partial charge in [-0.3, -0.25) is 0 Å². The number of hydrogen-bond donors (Lipinski definition) is 1. The molecule has 0 radical (unpaired) electrons. The first-order valence-corrected chi connectivity index (χ1v) is 5.26. The Morgan fingerprint density at radius 2 is 2.00 bits per heavy atom. The minimum atomic E-state index is -0.448. The van der Waals surface area contributed by atoms with Gasteiger partial charge in [-0.2, -0.15) is 0 Å².